The number of pyridine rings is 2. The van der Waals surface area contributed by atoms with Gasteiger partial charge < -0.3 is 18.9 Å². The quantitative estimate of drug-likeness (QED) is 0.247. The Morgan fingerprint density at radius 1 is 0.800 bits per heavy atom. The fourth-order valence-electron chi connectivity index (χ4n) is 5.17. The minimum absolute atomic E-state index is 0.0164. The third-order valence-corrected chi connectivity index (χ3v) is 7.29. The summed E-state index contributed by atoms with van der Waals surface area (Å²) < 4.78 is 38.6. The minimum Gasteiger partial charge on any atom is -0.446 e. The number of imide groups is 1. The predicted molar refractivity (Wildman–Crippen MR) is 187 cm³/mol. The van der Waals surface area contributed by atoms with Gasteiger partial charge in [-0.1, -0.05) is 6.92 Å². The maximum Gasteiger partial charge on any atom is 0.424 e. The molecule has 1 aliphatic carbocycles. The second-order valence-electron chi connectivity index (χ2n) is 15.4. The van der Waals surface area contributed by atoms with Crippen molar-refractivity contribution in [3.05, 3.63) is 42.1 Å². The molecule has 2 aromatic heterocycles. The first-order valence-corrected chi connectivity index (χ1v) is 16.3. The highest BCUT2D eigenvalue weighted by molar-refractivity contribution is 6.11. The third kappa shape index (κ3) is 9.57. The second-order valence-corrected chi connectivity index (χ2v) is 15.4. The Balaban J connectivity index is 1.85. The van der Waals surface area contributed by atoms with Gasteiger partial charge in [0.1, 0.15) is 28.7 Å². The van der Waals surface area contributed by atoms with E-state index in [0.717, 1.165) is 12.8 Å². The lowest BCUT2D eigenvalue weighted by molar-refractivity contribution is 0.0310. The van der Waals surface area contributed by atoms with Gasteiger partial charge in [-0.3, -0.25) is 15.6 Å². The zero-order valence-corrected chi connectivity index (χ0v) is 30.4. The van der Waals surface area contributed by atoms with E-state index in [1.165, 1.54) is 30.7 Å². The Labute approximate surface area is 291 Å². The smallest absolute Gasteiger partial charge is 0.424 e. The number of anilines is 3. The van der Waals surface area contributed by atoms with E-state index in [2.05, 4.69) is 27.5 Å². The summed E-state index contributed by atoms with van der Waals surface area (Å²) in [7, 11) is 0. The summed E-state index contributed by atoms with van der Waals surface area (Å²) in [4.78, 5) is 61.6. The van der Waals surface area contributed by atoms with Gasteiger partial charge in [-0.2, -0.15) is 4.90 Å². The minimum atomic E-state index is -1.02. The molecule has 270 valence electrons. The van der Waals surface area contributed by atoms with Crippen molar-refractivity contribution in [3.8, 4) is 11.1 Å². The summed E-state index contributed by atoms with van der Waals surface area (Å²) >= 11 is 0. The number of fused-ring (bicyclic) bond motifs is 1. The van der Waals surface area contributed by atoms with Crippen LogP contribution in [0.15, 0.2) is 30.7 Å². The van der Waals surface area contributed by atoms with E-state index in [1.54, 1.807) is 69.2 Å². The molecule has 2 heterocycles. The van der Waals surface area contributed by atoms with Crippen LogP contribution in [-0.4, -0.2) is 57.2 Å². The van der Waals surface area contributed by atoms with Crippen LogP contribution in [0.4, 0.5) is 40.8 Å². The number of halogens is 1. The third-order valence-electron chi connectivity index (χ3n) is 7.29. The van der Waals surface area contributed by atoms with Gasteiger partial charge in [-0.15, -0.1) is 0 Å². The number of benzene rings is 1. The van der Waals surface area contributed by atoms with E-state index in [-0.39, 0.29) is 45.4 Å². The van der Waals surface area contributed by atoms with Gasteiger partial charge in [0.25, 0.3) is 0 Å². The Bertz CT molecular complexity index is 1780. The first kappa shape index (κ1) is 37.8. The zero-order chi connectivity index (χ0) is 37.3. The summed E-state index contributed by atoms with van der Waals surface area (Å²) in [5, 5.41) is 5.69. The van der Waals surface area contributed by atoms with Gasteiger partial charge in [0.15, 0.2) is 5.82 Å². The van der Waals surface area contributed by atoms with Gasteiger partial charge in [0.05, 0.1) is 17.6 Å². The van der Waals surface area contributed by atoms with Crippen molar-refractivity contribution in [1.29, 1.82) is 0 Å². The number of amides is 4. The number of rotatable bonds is 5. The van der Waals surface area contributed by atoms with Gasteiger partial charge >= 0.3 is 24.4 Å². The van der Waals surface area contributed by atoms with E-state index >= 15 is 4.39 Å². The Kier molecular flexibility index (Phi) is 10.6. The SMILES string of the molecule is Cc1c(-c2cc3cc(NC(=O)OC4CC(C)C4)ncc3c(NC(=O)OC(C)(C)C)c2F)cncc1N(C(=O)OC(C)(C)C)C(=O)OC(C)(C)C. The summed E-state index contributed by atoms with van der Waals surface area (Å²) in [6.07, 6.45) is 1.66. The molecule has 4 rings (SSSR count). The maximum atomic E-state index is 16.7. The Hall–Kier alpha value is -5.01. The topological polar surface area (TPSA) is 158 Å². The number of hydrogen-bond donors (Lipinski definition) is 2. The molecule has 4 amide bonds. The molecule has 1 aromatic carbocycles. The van der Waals surface area contributed by atoms with Crippen LogP contribution in [-0.2, 0) is 18.9 Å². The number of carbonyl (C=O) groups excluding carboxylic acids is 4. The molecule has 0 spiro atoms. The highest BCUT2D eigenvalue weighted by atomic mass is 19.1. The first-order valence-electron chi connectivity index (χ1n) is 16.3. The van der Waals surface area contributed by atoms with Crippen LogP contribution in [0.2, 0.25) is 0 Å². The number of ether oxygens (including phenoxy) is 4. The van der Waals surface area contributed by atoms with Crippen molar-refractivity contribution in [2.75, 3.05) is 15.5 Å². The van der Waals surface area contributed by atoms with E-state index in [1.807, 2.05) is 0 Å². The molecule has 3 aromatic rings. The van der Waals surface area contributed by atoms with Crippen molar-refractivity contribution in [2.45, 2.75) is 112 Å². The fraction of sp³-hybridized carbons (Fsp3) is 0.500. The largest absolute Gasteiger partial charge is 0.446 e. The van der Waals surface area contributed by atoms with Crippen LogP contribution in [0.1, 0.15) is 87.6 Å². The lowest BCUT2D eigenvalue weighted by atomic mass is 9.84. The second kappa shape index (κ2) is 14.1. The van der Waals surface area contributed by atoms with Crippen LogP contribution in [0.25, 0.3) is 21.9 Å². The fourth-order valence-corrected chi connectivity index (χ4v) is 5.17. The van der Waals surface area contributed by atoms with Crippen molar-refractivity contribution in [1.82, 2.24) is 9.97 Å². The Morgan fingerprint density at radius 2 is 1.38 bits per heavy atom. The van der Waals surface area contributed by atoms with Crippen LogP contribution in [0.3, 0.4) is 0 Å². The van der Waals surface area contributed by atoms with Crippen molar-refractivity contribution in [3.63, 3.8) is 0 Å². The number of hydrogen-bond acceptors (Lipinski definition) is 10. The van der Waals surface area contributed by atoms with Gasteiger partial charge in [0, 0.05) is 28.9 Å². The molecule has 1 aliphatic rings. The molecule has 0 atom stereocenters. The highest BCUT2D eigenvalue weighted by Gasteiger charge is 2.35. The maximum absolute atomic E-state index is 16.7. The standard InChI is InChI=1S/C36H46FN5O8/c1-19-12-22(13-19)47-30(43)40-27-15-21-14-23(28(37)29(25(21)17-39-27)41-31(44)48-34(3,4)5)24-16-38-18-26(20(24)2)42(32(45)49-35(6,7)8)33(46)50-36(9,10)11/h14-19,22H,12-13H2,1-11H3,(H,41,44)(H,39,40,43). The average molecular weight is 696 g/mol. The molecule has 2 N–H and O–H groups in total. The zero-order valence-electron chi connectivity index (χ0n) is 30.4. The molecule has 13 nitrogen and oxygen atoms in total. The lowest BCUT2D eigenvalue weighted by Crippen LogP contribution is -2.44. The predicted octanol–water partition coefficient (Wildman–Crippen LogP) is 9.11. The van der Waals surface area contributed by atoms with E-state index in [0.29, 0.717) is 16.2 Å². The Morgan fingerprint density at radius 3 is 1.92 bits per heavy atom. The van der Waals surface area contributed by atoms with Gasteiger partial charge in [-0.05, 0) is 111 Å². The highest BCUT2D eigenvalue weighted by Crippen LogP contribution is 2.39. The number of aromatic nitrogens is 2. The number of carbonyl (C=O) groups is 4. The molecular formula is C36H46FN5O8. The molecule has 0 bridgehead atoms. The normalized spacial score (nSPS) is 16.2. The van der Waals surface area contributed by atoms with Crippen LogP contribution in [0.5, 0.6) is 0 Å². The molecule has 1 fully saturated rings. The summed E-state index contributed by atoms with van der Waals surface area (Å²) in [6, 6.07) is 2.99. The number of nitrogens with one attached hydrogen (secondary N) is 2. The van der Waals surface area contributed by atoms with Gasteiger partial charge in [-0.25, -0.2) is 28.6 Å². The molecule has 1 saturated carbocycles. The molecule has 0 radical (unpaired) electrons. The van der Waals surface area contributed by atoms with Crippen molar-refractivity contribution < 1.29 is 42.5 Å². The average Bonchev–Trinajstić information content (AvgIpc) is 2.92. The van der Waals surface area contributed by atoms with Crippen molar-refractivity contribution >= 4 is 52.3 Å². The van der Waals surface area contributed by atoms with Crippen LogP contribution < -0.4 is 15.5 Å². The monoisotopic (exact) mass is 695 g/mol. The lowest BCUT2D eigenvalue weighted by Gasteiger charge is -2.31. The number of nitrogens with zero attached hydrogens (tertiary/aromatic N) is 3. The van der Waals surface area contributed by atoms with E-state index < -0.39 is 47.0 Å². The van der Waals surface area contributed by atoms with E-state index in [4.69, 9.17) is 18.9 Å². The molecule has 0 saturated heterocycles. The molecular weight excluding hydrogens is 649 g/mol. The van der Waals surface area contributed by atoms with E-state index in [9.17, 15) is 19.2 Å². The summed E-state index contributed by atoms with van der Waals surface area (Å²) in [5.41, 5.74) is -2.69. The summed E-state index contributed by atoms with van der Waals surface area (Å²) in [6.45, 7) is 18.5. The molecule has 14 heteroatoms. The molecule has 0 unspecified atom stereocenters. The van der Waals surface area contributed by atoms with Crippen molar-refractivity contribution in [2.24, 2.45) is 5.92 Å². The van der Waals surface area contributed by atoms with Crippen LogP contribution >= 0.6 is 0 Å². The molecule has 0 aliphatic heterocycles. The molecule has 50 heavy (non-hydrogen) atoms. The summed E-state index contributed by atoms with van der Waals surface area (Å²) in [5.74, 6) is -0.264. The first-order chi connectivity index (χ1) is 23.0. The van der Waals surface area contributed by atoms with Gasteiger partial charge in [0.2, 0.25) is 0 Å². The van der Waals surface area contributed by atoms with Crippen LogP contribution in [0, 0.1) is 18.7 Å².